The second-order valence-corrected chi connectivity index (χ2v) is 2.31. The van der Waals surface area contributed by atoms with Crippen molar-refractivity contribution in [2.75, 3.05) is 0 Å². The van der Waals surface area contributed by atoms with E-state index < -0.39 is 0 Å². The van der Waals surface area contributed by atoms with Gasteiger partial charge in [0.1, 0.15) is 0 Å². The fraction of sp³-hybridized carbons (Fsp3) is 0.375. The third-order valence-electron chi connectivity index (χ3n) is 1.60. The average Bonchev–Trinajstić information content (AvgIpc) is 2.20. The minimum Gasteiger partial charge on any atom is -0.310 e. The molecule has 0 fully saturated rings. The van der Waals surface area contributed by atoms with Crippen LogP contribution >= 0.6 is 0 Å². The maximum absolute atomic E-state index is 4.15. The van der Waals surface area contributed by atoms with Gasteiger partial charge in [-0.3, -0.25) is 0 Å². The van der Waals surface area contributed by atoms with E-state index in [0.29, 0.717) is 0 Å². The number of imidazole rings is 1. The number of hydrogen-bond donors (Lipinski definition) is 0. The fourth-order valence-electron chi connectivity index (χ4n) is 0.827. The summed E-state index contributed by atoms with van der Waals surface area (Å²) in [7, 11) is 0. The highest BCUT2D eigenvalue weighted by molar-refractivity contribution is 5.27. The van der Waals surface area contributed by atoms with Crippen LogP contribution in [0.2, 0.25) is 0 Å². The Balaban J connectivity index is 3.05. The van der Waals surface area contributed by atoms with E-state index in [4.69, 9.17) is 0 Å². The van der Waals surface area contributed by atoms with Crippen LogP contribution in [0.4, 0.5) is 0 Å². The summed E-state index contributed by atoms with van der Waals surface area (Å²) >= 11 is 0. The number of aromatic nitrogens is 2. The highest BCUT2D eigenvalue weighted by atomic mass is 15.0. The van der Waals surface area contributed by atoms with Crippen LogP contribution in [0.25, 0.3) is 6.20 Å². The largest absolute Gasteiger partial charge is 0.310 e. The Morgan fingerprint density at radius 1 is 1.50 bits per heavy atom. The molecule has 54 valence electrons. The van der Waals surface area contributed by atoms with Crippen LogP contribution in [0.15, 0.2) is 12.4 Å². The minimum atomic E-state index is 1.10. The standard InChI is InChI=1S/C8H12N2/c1-4-5-10-6-9-7(2)8(10)3/h4-6H,1-3H3. The van der Waals surface area contributed by atoms with Gasteiger partial charge in [-0.15, -0.1) is 0 Å². The lowest BCUT2D eigenvalue weighted by Crippen LogP contribution is -1.86. The van der Waals surface area contributed by atoms with E-state index in [0.717, 1.165) is 5.69 Å². The van der Waals surface area contributed by atoms with E-state index >= 15 is 0 Å². The highest BCUT2D eigenvalue weighted by Crippen LogP contribution is 2.03. The lowest BCUT2D eigenvalue weighted by Gasteiger charge is -1.94. The van der Waals surface area contributed by atoms with Crippen molar-refractivity contribution in [1.29, 1.82) is 0 Å². The van der Waals surface area contributed by atoms with Gasteiger partial charge in [0.15, 0.2) is 0 Å². The number of rotatable bonds is 1. The van der Waals surface area contributed by atoms with E-state index in [-0.39, 0.29) is 0 Å². The summed E-state index contributed by atoms with van der Waals surface area (Å²) in [4.78, 5) is 4.15. The molecule has 0 aromatic carbocycles. The van der Waals surface area contributed by atoms with E-state index in [9.17, 15) is 0 Å². The molecule has 0 spiro atoms. The number of allylic oxidation sites excluding steroid dienone is 1. The Bertz CT molecular complexity index is 246. The zero-order valence-corrected chi connectivity index (χ0v) is 6.63. The second-order valence-electron chi connectivity index (χ2n) is 2.31. The summed E-state index contributed by atoms with van der Waals surface area (Å²) in [6, 6.07) is 0. The van der Waals surface area contributed by atoms with Gasteiger partial charge in [0.2, 0.25) is 0 Å². The van der Waals surface area contributed by atoms with Crippen LogP contribution in [0.5, 0.6) is 0 Å². The monoisotopic (exact) mass is 136 g/mol. The molecule has 0 amide bonds. The second kappa shape index (κ2) is 2.69. The smallest absolute Gasteiger partial charge is 0.0992 e. The Kier molecular flexibility index (Phi) is 1.90. The van der Waals surface area contributed by atoms with Crippen LogP contribution in [0.3, 0.4) is 0 Å². The van der Waals surface area contributed by atoms with E-state index in [1.807, 2.05) is 37.0 Å². The third-order valence-corrected chi connectivity index (χ3v) is 1.60. The molecule has 0 aliphatic rings. The Labute approximate surface area is 61.2 Å². The van der Waals surface area contributed by atoms with Crippen molar-refractivity contribution in [1.82, 2.24) is 9.55 Å². The van der Waals surface area contributed by atoms with E-state index in [1.54, 1.807) is 0 Å². The minimum absolute atomic E-state index is 1.10. The van der Waals surface area contributed by atoms with Gasteiger partial charge < -0.3 is 4.57 Å². The molecule has 2 heteroatoms. The molecule has 0 atom stereocenters. The molecule has 1 aromatic heterocycles. The Morgan fingerprint density at radius 2 is 2.20 bits per heavy atom. The molecule has 0 N–H and O–H groups in total. The van der Waals surface area contributed by atoms with E-state index in [1.165, 1.54) is 5.69 Å². The summed E-state index contributed by atoms with van der Waals surface area (Å²) in [5.74, 6) is 0. The summed E-state index contributed by atoms with van der Waals surface area (Å²) < 4.78 is 2.01. The molecule has 0 unspecified atom stereocenters. The zero-order chi connectivity index (χ0) is 7.56. The fourth-order valence-corrected chi connectivity index (χ4v) is 0.827. The van der Waals surface area contributed by atoms with Gasteiger partial charge in [-0.2, -0.15) is 0 Å². The molecule has 0 bridgehead atoms. The summed E-state index contributed by atoms with van der Waals surface area (Å²) in [5, 5.41) is 0. The molecule has 1 rings (SSSR count). The van der Waals surface area contributed by atoms with Crippen LogP contribution in [-0.2, 0) is 0 Å². The average molecular weight is 136 g/mol. The summed E-state index contributed by atoms with van der Waals surface area (Å²) in [5.41, 5.74) is 2.30. The SMILES string of the molecule is CC=Cn1cnc(C)c1C. The molecule has 0 radical (unpaired) electrons. The van der Waals surface area contributed by atoms with Crippen molar-refractivity contribution in [3.8, 4) is 0 Å². The third kappa shape index (κ3) is 1.10. The molecule has 1 heterocycles. The number of hydrogen-bond acceptors (Lipinski definition) is 1. The molecule has 0 aliphatic heterocycles. The van der Waals surface area contributed by atoms with Crippen LogP contribution in [0.1, 0.15) is 18.3 Å². The number of nitrogens with zero attached hydrogens (tertiary/aromatic N) is 2. The first-order chi connectivity index (χ1) is 4.75. The summed E-state index contributed by atoms with van der Waals surface area (Å²) in [6.45, 7) is 6.06. The van der Waals surface area contributed by atoms with Crippen LogP contribution < -0.4 is 0 Å². The van der Waals surface area contributed by atoms with Crippen molar-refractivity contribution < 1.29 is 0 Å². The molecule has 2 nitrogen and oxygen atoms in total. The van der Waals surface area contributed by atoms with Crippen molar-refractivity contribution >= 4 is 6.20 Å². The van der Waals surface area contributed by atoms with Gasteiger partial charge in [0.25, 0.3) is 0 Å². The predicted molar refractivity (Wildman–Crippen MR) is 42.7 cm³/mol. The maximum atomic E-state index is 4.15. The van der Waals surface area contributed by atoms with Crippen molar-refractivity contribution in [3.05, 3.63) is 23.8 Å². The quantitative estimate of drug-likeness (QED) is 0.577. The molecule has 0 saturated carbocycles. The highest BCUT2D eigenvalue weighted by Gasteiger charge is 1.96. The number of aryl methyl sites for hydroxylation is 1. The lowest BCUT2D eigenvalue weighted by atomic mass is 10.4. The van der Waals surface area contributed by atoms with Crippen LogP contribution in [0, 0.1) is 13.8 Å². The van der Waals surface area contributed by atoms with Crippen LogP contribution in [-0.4, -0.2) is 9.55 Å². The van der Waals surface area contributed by atoms with Gasteiger partial charge in [-0.05, 0) is 20.8 Å². The topological polar surface area (TPSA) is 17.8 Å². The van der Waals surface area contributed by atoms with Gasteiger partial charge in [-0.25, -0.2) is 4.98 Å². The molecule has 10 heavy (non-hydrogen) atoms. The van der Waals surface area contributed by atoms with Gasteiger partial charge >= 0.3 is 0 Å². The van der Waals surface area contributed by atoms with Crippen molar-refractivity contribution in [2.45, 2.75) is 20.8 Å². The molecular formula is C8H12N2. The summed E-state index contributed by atoms with van der Waals surface area (Å²) in [6.07, 6.45) is 5.81. The van der Waals surface area contributed by atoms with Gasteiger partial charge in [0, 0.05) is 11.9 Å². The first-order valence-electron chi connectivity index (χ1n) is 3.38. The Morgan fingerprint density at radius 3 is 2.60 bits per heavy atom. The lowest BCUT2D eigenvalue weighted by molar-refractivity contribution is 1.07. The van der Waals surface area contributed by atoms with Crippen molar-refractivity contribution in [2.24, 2.45) is 0 Å². The first kappa shape index (κ1) is 7.06. The zero-order valence-electron chi connectivity index (χ0n) is 6.63. The predicted octanol–water partition coefficient (Wildman–Crippen LogP) is 1.99. The van der Waals surface area contributed by atoms with Crippen molar-refractivity contribution in [3.63, 3.8) is 0 Å². The molecule has 0 saturated heterocycles. The van der Waals surface area contributed by atoms with E-state index in [2.05, 4.69) is 11.9 Å². The Hall–Kier alpha value is -1.05. The van der Waals surface area contributed by atoms with Gasteiger partial charge in [0.05, 0.1) is 12.0 Å². The van der Waals surface area contributed by atoms with Gasteiger partial charge in [-0.1, -0.05) is 6.08 Å². The molecule has 1 aromatic rings. The molecular weight excluding hydrogens is 124 g/mol. The first-order valence-corrected chi connectivity index (χ1v) is 3.38. The normalized spacial score (nSPS) is 11.1. The molecule has 0 aliphatic carbocycles. The maximum Gasteiger partial charge on any atom is 0.0992 e.